The second-order valence-corrected chi connectivity index (χ2v) is 10.4. The van der Waals surface area contributed by atoms with Gasteiger partial charge in [-0.25, -0.2) is 4.79 Å². The fourth-order valence-electron chi connectivity index (χ4n) is 4.36. The van der Waals surface area contributed by atoms with E-state index in [1.807, 2.05) is 12.1 Å². The third-order valence-corrected chi connectivity index (χ3v) is 7.88. The number of anilines is 1. The van der Waals surface area contributed by atoms with Gasteiger partial charge in [0.25, 0.3) is 0 Å². The van der Waals surface area contributed by atoms with Gasteiger partial charge < -0.3 is 37.0 Å². The van der Waals surface area contributed by atoms with Crippen molar-refractivity contribution in [2.24, 2.45) is 0 Å². The molecule has 37 heavy (non-hydrogen) atoms. The predicted molar refractivity (Wildman–Crippen MR) is 148 cm³/mol. The van der Waals surface area contributed by atoms with Gasteiger partial charge in [-0.1, -0.05) is 51.2 Å². The SMILES string of the molecule is CCCCCCCCOC(=O)c1c(O)cccc1-c1c2ccc(=[NH2+])c(Br)c-2oc2c(Br)c(N)ccc12.[Br-]. The Morgan fingerprint density at radius 1 is 1.00 bits per heavy atom. The molecule has 0 saturated carbocycles. The van der Waals surface area contributed by atoms with Crippen LogP contribution in [0.5, 0.6) is 5.75 Å². The minimum absolute atomic E-state index is 0. The second kappa shape index (κ2) is 12.9. The monoisotopic (exact) mass is 694 g/mol. The summed E-state index contributed by atoms with van der Waals surface area (Å²) in [6, 6.07) is 12.2. The van der Waals surface area contributed by atoms with Gasteiger partial charge in [0, 0.05) is 33.8 Å². The van der Waals surface area contributed by atoms with Crippen LogP contribution in [0.15, 0.2) is 55.8 Å². The predicted octanol–water partition coefficient (Wildman–Crippen LogP) is 3.20. The number of carbonyl (C=O) groups excluding carboxylic acids is 1. The molecule has 0 spiro atoms. The van der Waals surface area contributed by atoms with Crippen LogP contribution in [0.25, 0.3) is 33.4 Å². The Labute approximate surface area is 243 Å². The summed E-state index contributed by atoms with van der Waals surface area (Å²) in [5.41, 5.74) is 9.20. The minimum Gasteiger partial charge on any atom is -1.00 e. The molecular formula is C28H29Br3N2O4. The van der Waals surface area contributed by atoms with Crippen molar-refractivity contribution in [2.45, 2.75) is 45.4 Å². The number of aromatic hydroxyl groups is 1. The van der Waals surface area contributed by atoms with E-state index in [4.69, 9.17) is 20.3 Å². The van der Waals surface area contributed by atoms with E-state index in [9.17, 15) is 9.90 Å². The summed E-state index contributed by atoms with van der Waals surface area (Å²) in [6.07, 6.45) is 6.50. The van der Waals surface area contributed by atoms with Crippen molar-refractivity contribution in [3.63, 3.8) is 0 Å². The van der Waals surface area contributed by atoms with Crippen LogP contribution in [0.3, 0.4) is 0 Å². The number of unbranched alkanes of at least 4 members (excludes halogenated alkanes) is 5. The largest absolute Gasteiger partial charge is 1.00 e. The van der Waals surface area contributed by atoms with Crippen LogP contribution in [-0.4, -0.2) is 17.7 Å². The summed E-state index contributed by atoms with van der Waals surface area (Å²) in [5, 5.41) is 18.1. The first-order chi connectivity index (χ1) is 17.3. The first-order valence-electron chi connectivity index (χ1n) is 12.1. The molecule has 5 N–H and O–H groups in total. The number of nitrogen functional groups attached to an aromatic ring is 1. The number of halogens is 3. The Kier molecular flexibility index (Phi) is 10.2. The zero-order valence-electron chi connectivity index (χ0n) is 20.5. The summed E-state index contributed by atoms with van der Waals surface area (Å²) >= 11 is 7.07. The number of phenolic OH excluding ortho intramolecular Hbond substituents is 1. The van der Waals surface area contributed by atoms with Gasteiger partial charge in [-0.05, 0) is 62.5 Å². The molecule has 196 valence electrons. The Hall–Kier alpha value is -2.36. The van der Waals surface area contributed by atoms with Gasteiger partial charge >= 0.3 is 5.97 Å². The number of hydrogen-bond donors (Lipinski definition) is 3. The average molecular weight is 697 g/mol. The molecule has 0 unspecified atom stereocenters. The number of fused-ring (bicyclic) bond motifs is 2. The molecule has 0 fully saturated rings. The normalized spacial score (nSPS) is 11.0. The maximum atomic E-state index is 13.2. The van der Waals surface area contributed by atoms with E-state index in [1.54, 1.807) is 24.3 Å². The Bertz CT molecular complexity index is 1450. The van der Waals surface area contributed by atoms with Crippen LogP contribution in [0.1, 0.15) is 55.8 Å². The van der Waals surface area contributed by atoms with Crippen LogP contribution >= 0.6 is 31.9 Å². The Balaban J connectivity index is 0.00000380. The lowest BCUT2D eigenvalue weighted by Crippen LogP contribution is -3.00. The molecule has 4 rings (SSSR count). The van der Waals surface area contributed by atoms with E-state index in [-0.39, 0.29) is 28.3 Å². The van der Waals surface area contributed by atoms with Gasteiger partial charge in [-0.15, -0.1) is 0 Å². The number of rotatable bonds is 9. The molecule has 2 aromatic rings. The molecule has 1 aliphatic heterocycles. The molecule has 0 amide bonds. The van der Waals surface area contributed by atoms with Crippen LogP contribution < -0.4 is 33.5 Å². The summed E-state index contributed by atoms with van der Waals surface area (Å²) < 4.78 is 13.0. The van der Waals surface area contributed by atoms with E-state index in [1.165, 1.54) is 25.3 Å². The molecular weight excluding hydrogens is 668 g/mol. The number of ether oxygens (including phenoxy) is 1. The lowest BCUT2D eigenvalue weighted by Gasteiger charge is -2.19. The molecule has 0 atom stereocenters. The van der Waals surface area contributed by atoms with Gasteiger partial charge in [0.1, 0.15) is 15.8 Å². The fourth-order valence-corrected chi connectivity index (χ4v) is 5.21. The molecule has 2 aliphatic rings. The highest BCUT2D eigenvalue weighted by molar-refractivity contribution is 9.11. The highest BCUT2D eigenvalue weighted by Gasteiger charge is 2.27. The molecule has 2 aromatic carbocycles. The number of hydrogen-bond acceptors (Lipinski definition) is 5. The van der Waals surface area contributed by atoms with Crippen LogP contribution in [-0.2, 0) is 4.74 Å². The number of carbonyl (C=O) groups is 1. The molecule has 1 heterocycles. The summed E-state index contributed by atoms with van der Waals surface area (Å²) in [5.74, 6) is -0.215. The lowest BCUT2D eigenvalue weighted by molar-refractivity contribution is -0.173. The van der Waals surface area contributed by atoms with Crippen LogP contribution in [0.2, 0.25) is 0 Å². The smallest absolute Gasteiger partial charge is 0.342 e. The van der Waals surface area contributed by atoms with Gasteiger partial charge in [-0.3, -0.25) is 5.41 Å². The van der Waals surface area contributed by atoms with E-state index in [2.05, 4.69) is 38.8 Å². The van der Waals surface area contributed by atoms with E-state index < -0.39 is 5.97 Å². The van der Waals surface area contributed by atoms with E-state index in [0.717, 1.165) is 30.2 Å². The van der Waals surface area contributed by atoms with Crippen molar-refractivity contribution in [1.82, 2.24) is 0 Å². The molecule has 6 nitrogen and oxygen atoms in total. The minimum atomic E-state index is -0.567. The quantitative estimate of drug-likeness (QED) is 0.108. The molecule has 0 bridgehead atoms. The van der Waals surface area contributed by atoms with Crippen LogP contribution in [0.4, 0.5) is 5.69 Å². The Morgan fingerprint density at radius 3 is 2.49 bits per heavy atom. The Morgan fingerprint density at radius 2 is 1.73 bits per heavy atom. The highest BCUT2D eigenvalue weighted by Crippen LogP contribution is 2.46. The first kappa shape index (κ1) is 29.2. The topological polar surface area (TPSA) is 111 Å². The first-order valence-corrected chi connectivity index (χ1v) is 13.6. The zero-order valence-corrected chi connectivity index (χ0v) is 25.2. The van der Waals surface area contributed by atoms with E-state index >= 15 is 0 Å². The van der Waals surface area contributed by atoms with Gasteiger partial charge in [0.2, 0.25) is 5.36 Å². The van der Waals surface area contributed by atoms with Crippen molar-refractivity contribution in [3.05, 3.63) is 62.3 Å². The van der Waals surface area contributed by atoms with E-state index in [0.29, 0.717) is 49.1 Å². The fraction of sp³-hybridized carbons (Fsp3) is 0.286. The van der Waals surface area contributed by atoms with Crippen LogP contribution in [0, 0.1) is 0 Å². The average Bonchev–Trinajstić information content (AvgIpc) is 2.87. The molecule has 1 aliphatic carbocycles. The maximum absolute atomic E-state index is 13.2. The lowest BCUT2D eigenvalue weighted by atomic mass is 9.90. The van der Waals surface area contributed by atoms with Crippen molar-refractivity contribution in [2.75, 3.05) is 12.3 Å². The summed E-state index contributed by atoms with van der Waals surface area (Å²) in [7, 11) is 0. The van der Waals surface area contributed by atoms with Gasteiger partial charge in [-0.2, -0.15) is 0 Å². The molecule has 0 saturated heterocycles. The maximum Gasteiger partial charge on any atom is 0.342 e. The highest BCUT2D eigenvalue weighted by atomic mass is 79.9. The number of esters is 1. The molecule has 0 radical (unpaired) electrons. The van der Waals surface area contributed by atoms with Crippen molar-refractivity contribution in [1.29, 1.82) is 0 Å². The second-order valence-electron chi connectivity index (χ2n) is 8.77. The standard InChI is InChI=1S/C28H28Br2N2O4.BrH/c1-2-3-4-5-6-7-15-35-28(34)23-16(9-8-10-21(23)33)22-17-11-13-19(31)24(29)26(17)36-27-18(22)12-14-20(32)25(27)30;/h8-14,31,33H,2-7,15,32H2,1H3;1H. The summed E-state index contributed by atoms with van der Waals surface area (Å²) in [6.45, 7) is 2.48. The van der Waals surface area contributed by atoms with Gasteiger partial charge in [0.05, 0.1) is 11.1 Å². The van der Waals surface area contributed by atoms with Crippen molar-refractivity contribution < 1.29 is 41.4 Å². The van der Waals surface area contributed by atoms with Gasteiger partial charge in [0.15, 0.2) is 11.3 Å². The summed E-state index contributed by atoms with van der Waals surface area (Å²) in [4.78, 5) is 13.2. The van der Waals surface area contributed by atoms with Crippen molar-refractivity contribution >= 4 is 54.5 Å². The molecule has 0 aromatic heterocycles. The third-order valence-electron chi connectivity index (χ3n) is 6.24. The number of nitrogens with two attached hydrogens (primary N) is 2. The number of phenols is 1. The van der Waals surface area contributed by atoms with Crippen molar-refractivity contribution in [3.8, 4) is 28.2 Å². The molecule has 9 heteroatoms. The number of benzene rings is 3. The third kappa shape index (κ3) is 6.04. The zero-order chi connectivity index (χ0) is 25.8.